The molecule has 2 heterocycles. The van der Waals surface area contributed by atoms with Gasteiger partial charge in [0.05, 0.1) is 29.9 Å². The van der Waals surface area contributed by atoms with Crippen LogP contribution < -0.4 is 9.80 Å². The molecular formula is C21H21F3N4O4. The fourth-order valence-electron chi connectivity index (χ4n) is 3.95. The molecule has 2 aliphatic heterocycles. The molecule has 0 atom stereocenters. The van der Waals surface area contributed by atoms with Crippen molar-refractivity contribution < 1.29 is 27.6 Å². The van der Waals surface area contributed by atoms with E-state index in [2.05, 4.69) is 0 Å². The van der Waals surface area contributed by atoms with Gasteiger partial charge in [0.2, 0.25) is 0 Å². The molecular weight excluding hydrogens is 429 g/mol. The normalized spacial score (nSPS) is 16.9. The summed E-state index contributed by atoms with van der Waals surface area (Å²) in [6.07, 6.45) is 0. The molecule has 11 heteroatoms. The van der Waals surface area contributed by atoms with E-state index in [9.17, 15) is 28.1 Å². The van der Waals surface area contributed by atoms with Crippen LogP contribution in [0.3, 0.4) is 0 Å². The third-order valence-corrected chi connectivity index (χ3v) is 5.67. The second kappa shape index (κ2) is 9.03. The minimum absolute atomic E-state index is 0.0275. The van der Waals surface area contributed by atoms with Gasteiger partial charge in [0.25, 0.3) is 11.6 Å². The van der Waals surface area contributed by atoms with E-state index in [-0.39, 0.29) is 48.8 Å². The molecule has 0 spiro atoms. The summed E-state index contributed by atoms with van der Waals surface area (Å²) in [6.45, 7) is 2.82. The Hall–Kier alpha value is -3.34. The van der Waals surface area contributed by atoms with Gasteiger partial charge in [-0.15, -0.1) is 0 Å². The maximum absolute atomic E-state index is 14.6. The van der Waals surface area contributed by atoms with Crippen molar-refractivity contribution in [2.45, 2.75) is 0 Å². The summed E-state index contributed by atoms with van der Waals surface area (Å²) >= 11 is 0. The van der Waals surface area contributed by atoms with Crippen molar-refractivity contribution in [3.63, 3.8) is 0 Å². The molecule has 2 aliphatic rings. The van der Waals surface area contributed by atoms with E-state index >= 15 is 0 Å². The quantitative estimate of drug-likeness (QED) is 0.527. The zero-order valence-electron chi connectivity index (χ0n) is 17.1. The summed E-state index contributed by atoms with van der Waals surface area (Å²) in [5.41, 5.74) is 0.228. The third kappa shape index (κ3) is 4.33. The Bertz CT molecular complexity index is 1040. The first-order chi connectivity index (χ1) is 15.3. The molecule has 0 aliphatic carbocycles. The van der Waals surface area contributed by atoms with Crippen LogP contribution in [0.5, 0.6) is 0 Å². The smallest absolute Gasteiger partial charge is 0.295 e. The molecule has 2 aromatic rings. The molecule has 0 saturated carbocycles. The van der Waals surface area contributed by atoms with E-state index in [1.54, 1.807) is 9.80 Å². The van der Waals surface area contributed by atoms with Crippen molar-refractivity contribution in [1.29, 1.82) is 0 Å². The van der Waals surface area contributed by atoms with Gasteiger partial charge in [-0.1, -0.05) is 0 Å². The summed E-state index contributed by atoms with van der Waals surface area (Å²) in [4.78, 5) is 28.6. The van der Waals surface area contributed by atoms with Crippen molar-refractivity contribution in [3.8, 4) is 0 Å². The van der Waals surface area contributed by atoms with Gasteiger partial charge < -0.3 is 19.4 Å². The summed E-state index contributed by atoms with van der Waals surface area (Å²) in [5.74, 6) is -3.27. The Labute approximate surface area is 181 Å². The van der Waals surface area contributed by atoms with Gasteiger partial charge in [-0.3, -0.25) is 14.9 Å². The van der Waals surface area contributed by atoms with Gasteiger partial charge in [0.15, 0.2) is 17.5 Å². The zero-order chi connectivity index (χ0) is 22.8. The maximum Gasteiger partial charge on any atom is 0.295 e. The van der Waals surface area contributed by atoms with E-state index in [4.69, 9.17) is 4.74 Å². The zero-order valence-corrected chi connectivity index (χ0v) is 17.1. The van der Waals surface area contributed by atoms with E-state index in [0.29, 0.717) is 26.3 Å². The monoisotopic (exact) mass is 450 g/mol. The van der Waals surface area contributed by atoms with Crippen LogP contribution in [0.2, 0.25) is 0 Å². The summed E-state index contributed by atoms with van der Waals surface area (Å²) < 4.78 is 46.5. The number of hydrogen-bond acceptors (Lipinski definition) is 6. The van der Waals surface area contributed by atoms with Crippen LogP contribution in [0.4, 0.5) is 30.2 Å². The molecule has 0 radical (unpaired) electrons. The molecule has 0 bridgehead atoms. The molecule has 170 valence electrons. The number of piperazine rings is 1. The predicted octanol–water partition coefficient (Wildman–Crippen LogP) is 2.81. The Morgan fingerprint density at radius 3 is 2.12 bits per heavy atom. The van der Waals surface area contributed by atoms with E-state index in [0.717, 1.165) is 18.2 Å². The number of carbonyl (C=O) groups excluding carboxylic acids is 1. The number of halogens is 3. The Morgan fingerprint density at radius 2 is 1.50 bits per heavy atom. The number of anilines is 2. The average molecular weight is 450 g/mol. The predicted molar refractivity (Wildman–Crippen MR) is 111 cm³/mol. The van der Waals surface area contributed by atoms with Crippen LogP contribution in [0, 0.1) is 27.6 Å². The van der Waals surface area contributed by atoms with Crippen LogP contribution in [0.15, 0.2) is 30.3 Å². The highest BCUT2D eigenvalue weighted by atomic mass is 19.2. The maximum atomic E-state index is 14.6. The number of hydrogen-bond donors (Lipinski definition) is 0. The van der Waals surface area contributed by atoms with Gasteiger partial charge in [-0.2, -0.15) is 0 Å². The van der Waals surface area contributed by atoms with Gasteiger partial charge >= 0.3 is 0 Å². The van der Waals surface area contributed by atoms with Crippen molar-refractivity contribution in [1.82, 2.24) is 4.90 Å². The van der Waals surface area contributed by atoms with E-state index in [1.807, 2.05) is 0 Å². The minimum Gasteiger partial charge on any atom is -0.378 e. The van der Waals surface area contributed by atoms with Crippen molar-refractivity contribution in [3.05, 3.63) is 63.5 Å². The Balaban J connectivity index is 1.53. The summed E-state index contributed by atoms with van der Waals surface area (Å²) in [7, 11) is 0. The highest BCUT2D eigenvalue weighted by Crippen LogP contribution is 2.36. The lowest BCUT2D eigenvalue weighted by Crippen LogP contribution is -2.49. The second-order valence-corrected chi connectivity index (χ2v) is 7.56. The number of carbonyl (C=O) groups is 1. The summed E-state index contributed by atoms with van der Waals surface area (Å²) in [5, 5.41) is 11.6. The van der Waals surface area contributed by atoms with Crippen LogP contribution in [0.25, 0.3) is 0 Å². The highest BCUT2D eigenvalue weighted by Gasteiger charge is 2.29. The number of rotatable bonds is 4. The SMILES string of the molecule is O=C(c1ccc(F)c(F)c1)N1CCN(c2cc(N3CCOCC3)c(F)cc2[N+](=O)[O-])CC1. The van der Waals surface area contributed by atoms with Gasteiger partial charge in [0.1, 0.15) is 5.69 Å². The number of ether oxygens (including phenoxy) is 1. The third-order valence-electron chi connectivity index (χ3n) is 5.67. The van der Waals surface area contributed by atoms with Gasteiger partial charge in [0, 0.05) is 44.8 Å². The number of morpholine rings is 1. The van der Waals surface area contributed by atoms with Crippen LogP contribution in [-0.2, 0) is 4.74 Å². The van der Waals surface area contributed by atoms with Crippen molar-refractivity contribution in [2.75, 3.05) is 62.3 Å². The molecule has 0 N–H and O–H groups in total. The Kier molecular flexibility index (Phi) is 6.17. The van der Waals surface area contributed by atoms with Crippen molar-refractivity contribution in [2.24, 2.45) is 0 Å². The molecule has 1 amide bonds. The molecule has 2 aromatic carbocycles. The molecule has 32 heavy (non-hydrogen) atoms. The lowest BCUT2D eigenvalue weighted by Gasteiger charge is -2.36. The molecule has 2 saturated heterocycles. The molecule has 0 unspecified atom stereocenters. The van der Waals surface area contributed by atoms with Gasteiger partial charge in [-0.05, 0) is 24.3 Å². The second-order valence-electron chi connectivity index (χ2n) is 7.56. The topological polar surface area (TPSA) is 79.2 Å². The standard InChI is InChI=1S/C21H21F3N4O4/c22-15-2-1-14(11-16(15)23)21(29)27-5-3-25(4-6-27)19-13-18(26-7-9-32-10-8-26)17(24)12-20(19)28(30)31/h1-2,11-13H,3-10H2. The molecule has 8 nitrogen and oxygen atoms in total. The van der Waals surface area contributed by atoms with Crippen LogP contribution >= 0.6 is 0 Å². The number of benzene rings is 2. The van der Waals surface area contributed by atoms with Crippen LogP contribution in [-0.4, -0.2) is 68.2 Å². The Morgan fingerprint density at radius 1 is 0.844 bits per heavy atom. The van der Waals surface area contributed by atoms with Crippen LogP contribution in [0.1, 0.15) is 10.4 Å². The number of nitrogens with zero attached hydrogens (tertiary/aromatic N) is 4. The lowest BCUT2D eigenvalue weighted by atomic mass is 10.1. The number of nitro groups is 1. The number of amides is 1. The largest absolute Gasteiger partial charge is 0.378 e. The minimum atomic E-state index is -1.10. The fourth-order valence-corrected chi connectivity index (χ4v) is 3.95. The molecule has 2 fully saturated rings. The first-order valence-electron chi connectivity index (χ1n) is 10.1. The fraction of sp³-hybridized carbons (Fsp3) is 0.381. The number of nitro benzene ring substituents is 1. The highest BCUT2D eigenvalue weighted by molar-refractivity contribution is 5.94. The molecule has 4 rings (SSSR count). The first-order valence-corrected chi connectivity index (χ1v) is 10.1. The van der Waals surface area contributed by atoms with E-state index < -0.39 is 28.3 Å². The lowest BCUT2D eigenvalue weighted by molar-refractivity contribution is -0.384. The van der Waals surface area contributed by atoms with E-state index in [1.165, 1.54) is 17.0 Å². The summed E-state index contributed by atoms with van der Waals surface area (Å²) in [6, 6.07) is 5.37. The molecule has 0 aromatic heterocycles. The van der Waals surface area contributed by atoms with Crippen molar-refractivity contribution >= 4 is 23.0 Å². The first kappa shape index (κ1) is 21.9. The average Bonchev–Trinajstić information content (AvgIpc) is 2.81. The van der Waals surface area contributed by atoms with Gasteiger partial charge in [-0.25, -0.2) is 13.2 Å².